The van der Waals surface area contributed by atoms with Crippen molar-refractivity contribution >= 4 is 27.1 Å². The van der Waals surface area contributed by atoms with E-state index < -0.39 is 27.2 Å². The lowest BCUT2D eigenvalue weighted by atomic mass is 10.2. The predicted octanol–water partition coefficient (Wildman–Crippen LogP) is 3.17. The molecule has 0 amide bonds. The average molecular weight is 318 g/mol. The quantitative estimate of drug-likeness (QED) is 0.698. The number of hydrogen-bond acceptors (Lipinski definition) is 3. The van der Waals surface area contributed by atoms with Crippen LogP contribution in [0.3, 0.4) is 0 Å². The van der Waals surface area contributed by atoms with E-state index in [1.54, 1.807) is 0 Å². The Balaban J connectivity index is 2.41. The summed E-state index contributed by atoms with van der Waals surface area (Å²) >= 11 is 5.60. The Kier molecular flexibility index (Phi) is 3.96. The molecule has 0 atom stereocenters. The van der Waals surface area contributed by atoms with Crippen LogP contribution in [0.2, 0.25) is 5.02 Å². The number of anilines is 1. The number of nitrogen functional groups attached to an aromatic ring is 1. The largest absolute Gasteiger partial charge is 0.398 e. The monoisotopic (exact) mass is 317 g/mol. The van der Waals surface area contributed by atoms with Crippen LogP contribution in [0.1, 0.15) is 5.56 Å². The van der Waals surface area contributed by atoms with E-state index in [0.29, 0.717) is 0 Å². The van der Waals surface area contributed by atoms with Crippen molar-refractivity contribution in [3.05, 3.63) is 58.6 Å². The van der Waals surface area contributed by atoms with Gasteiger partial charge in [-0.1, -0.05) is 17.7 Å². The third-order valence-electron chi connectivity index (χ3n) is 2.67. The predicted molar refractivity (Wildman–Crippen MR) is 73.1 cm³/mol. The molecule has 3 nitrogen and oxygen atoms in total. The van der Waals surface area contributed by atoms with Crippen molar-refractivity contribution in [2.45, 2.75) is 10.6 Å². The molecule has 0 aliphatic carbocycles. The first-order valence-corrected chi connectivity index (χ1v) is 7.54. The van der Waals surface area contributed by atoms with E-state index in [1.165, 1.54) is 12.1 Å². The van der Waals surface area contributed by atoms with Gasteiger partial charge in [0.2, 0.25) is 0 Å². The zero-order valence-electron chi connectivity index (χ0n) is 10.1. The van der Waals surface area contributed by atoms with Crippen molar-refractivity contribution < 1.29 is 17.2 Å². The molecule has 0 aliphatic heterocycles. The summed E-state index contributed by atoms with van der Waals surface area (Å²) in [4.78, 5) is -0.228. The maximum absolute atomic E-state index is 13.6. The summed E-state index contributed by atoms with van der Waals surface area (Å²) < 4.78 is 50.9. The van der Waals surface area contributed by atoms with Gasteiger partial charge in [0.25, 0.3) is 0 Å². The smallest absolute Gasteiger partial charge is 0.184 e. The van der Waals surface area contributed by atoms with Crippen molar-refractivity contribution in [1.82, 2.24) is 0 Å². The van der Waals surface area contributed by atoms with Gasteiger partial charge in [0.1, 0.15) is 11.6 Å². The van der Waals surface area contributed by atoms with Crippen LogP contribution in [-0.4, -0.2) is 8.42 Å². The summed E-state index contributed by atoms with van der Waals surface area (Å²) in [6.07, 6.45) is 0. The van der Waals surface area contributed by atoms with Crippen LogP contribution in [0, 0.1) is 11.6 Å². The molecule has 106 valence electrons. The summed E-state index contributed by atoms with van der Waals surface area (Å²) in [6, 6.07) is 6.67. The SMILES string of the molecule is Nc1cc(F)ccc1S(=O)(=O)Cc1ccc(Cl)cc1F. The molecule has 0 saturated carbocycles. The van der Waals surface area contributed by atoms with Crippen LogP contribution in [-0.2, 0) is 15.6 Å². The van der Waals surface area contributed by atoms with Gasteiger partial charge >= 0.3 is 0 Å². The van der Waals surface area contributed by atoms with Gasteiger partial charge in [0.05, 0.1) is 16.3 Å². The van der Waals surface area contributed by atoms with Crippen LogP contribution in [0.25, 0.3) is 0 Å². The molecule has 0 fully saturated rings. The van der Waals surface area contributed by atoms with Crippen LogP contribution >= 0.6 is 11.6 Å². The van der Waals surface area contributed by atoms with Crippen LogP contribution < -0.4 is 5.73 Å². The molecule has 2 rings (SSSR count). The Morgan fingerprint density at radius 2 is 1.80 bits per heavy atom. The normalized spacial score (nSPS) is 11.6. The highest BCUT2D eigenvalue weighted by atomic mass is 35.5. The first-order valence-electron chi connectivity index (χ1n) is 5.51. The zero-order chi connectivity index (χ0) is 14.9. The van der Waals surface area contributed by atoms with Gasteiger partial charge in [-0.15, -0.1) is 0 Å². The molecule has 0 bridgehead atoms. The maximum Gasteiger partial charge on any atom is 0.184 e. The van der Waals surface area contributed by atoms with Crippen molar-refractivity contribution in [1.29, 1.82) is 0 Å². The van der Waals surface area contributed by atoms with Gasteiger partial charge in [-0.2, -0.15) is 0 Å². The Morgan fingerprint density at radius 3 is 2.40 bits per heavy atom. The molecule has 0 unspecified atom stereocenters. The second kappa shape index (κ2) is 5.38. The van der Waals surface area contributed by atoms with E-state index in [-0.39, 0.29) is 21.2 Å². The number of hydrogen-bond donors (Lipinski definition) is 1. The molecular formula is C13H10ClF2NO2S. The molecule has 0 spiro atoms. The molecule has 2 aromatic carbocycles. The van der Waals surface area contributed by atoms with Crippen LogP contribution in [0.15, 0.2) is 41.3 Å². The Hall–Kier alpha value is -1.66. The van der Waals surface area contributed by atoms with Gasteiger partial charge in [-0.05, 0) is 30.3 Å². The molecule has 0 saturated heterocycles. The maximum atomic E-state index is 13.6. The second-order valence-corrected chi connectivity index (χ2v) is 6.57. The van der Waals surface area contributed by atoms with Gasteiger partial charge in [-0.3, -0.25) is 0 Å². The fourth-order valence-corrected chi connectivity index (χ4v) is 3.38. The van der Waals surface area contributed by atoms with Gasteiger partial charge in [0.15, 0.2) is 9.84 Å². The minimum Gasteiger partial charge on any atom is -0.398 e. The van der Waals surface area contributed by atoms with E-state index in [1.807, 2.05) is 0 Å². The van der Waals surface area contributed by atoms with E-state index in [0.717, 1.165) is 24.3 Å². The van der Waals surface area contributed by atoms with Crippen molar-refractivity contribution in [2.24, 2.45) is 0 Å². The van der Waals surface area contributed by atoms with Gasteiger partial charge in [0, 0.05) is 10.6 Å². The molecule has 0 aromatic heterocycles. The first kappa shape index (κ1) is 14.7. The topological polar surface area (TPSA) is 60.2 Å². The summed E-state index contributed by atoms with van der Waals surface area (Å²) in [5, 5.41) is 0.171. The minimum absolute atomic E-state index is 0.0295. The van der Waals surface area contributed by atoms with Gasteiger partial charge < -0.3 is 5.73 Å². The van der Waals surface area contributed by atoms with Crippen LogP contribution in [0.4, 0.5) is 14.5 Å². The molecule has 0 aliphatic rings. The van der Waals surface area contributed by atoms with Crippen LogP contribution in [0.5, 0.6) is 0 Å². The first-order chi connectivity index (χ1) is 9.29. The lowest BCUT2D eigenvalue weighted by Crippen LogP contribution is -2.09. The molecule has 7 heteroatoms. The number of rotatable bonds is 3. The lowest BCUT2D eigenvalue weighted by molar-refractivity contribution is 0.586. The third kappa shape index (κ3) is 3.08. The average Bonchev–Trinajstić information content (AvgIpc) is 2.32. The molecule has 0 radical (unpaired) electrons. The minimum atomic E-state index is -3.87. The lowest BCUT2D eigenvalue weighted by Gasteiger charge is -2.08. The van der Waals surface area contributed by atoms with Crippen molar-refractivity contribution in [3.8, 4) is 0 Å². The highest BCUT2D eigenvalue weighted by Crippen LogP contribution is 2.25. The molecule has 2 N–H and O–H groups in total. The number of halogens is 3. The molecular weight excluding hydrogens is 308 g/mol. The summed E-state index contributed by atoms with van der Waals surface area (Å²) in [6.45, 7) is 0. The number of nitrogens with two attached hydrogens (primary N) is 1. The summed E-state index contributed by atoms with van der Waals surface area (Å²) in [5.74, 6) is -1.94. The fraction of sp³-hybridized carbons (Fsp3) is 0.0769. The van der Waals surface area contributed by atoms with Crippen molar-refractivity contribution in [3.63, 3.8) is 0 Å². The van der Waals surface area contributed by atoms with Crippen molar-refractivity contribution in [2.75, 3.05) is 5.73 Å². The van der Waals surface area contributed by atoms with E-state index in [9.17, 15) is 17.2 Å². The van der Waals surface area contributed by atoms with E-state index in [2.05, 4.69) is 0 Å². The fourth-order valence-electron chi connectivity index (χ4n) is 1.72. The summed E-state index contributed by atoms with van der Waals surface area (Å²) in [7, 11) is -3.87. The zero-order valence-corrected chi connectivity index (χ0v) is 11.7. The molecule has 0 heterocycles. The highest BCUT2D eigenvalue weighted by molar-refractivity contribution is 7.90. The third-order valence-corrected chi connectivity index (χ3v) is 4.64. The number of sulfone groups is 1. The number of benzene rings is 2. The van der Waals surface area contributed by atoms with E-state index >= 15 is 0 Å². The second-order valence-electron chi connectivity index (χ2n) is 4.18. The molecule has 20 heavy (non-hydrogen) atoms. The van der Waals surface area contributed by atoms with Gasteiger partial charge in [-0.25, -0.2) is 17.2 Å². The Labute approximate surface area is 119 Å². The molecule has 2 aromatic rings. The Morgan fingerprint density at radius 1 is 1.10 bits per heavy atom. The Bertz CT molecular complexity index is 763. The van der Waals surface area contributed by atoms with E-state index in [4.69, 9.17) is 17.3 Å². The summed E-state index contributed by atoms with van der Waals surface area (Å²) in [5.41, 5.74) is 5.25. The standard InChI is InChI=1S/C13H10ClF2NO2S/c14-9-2-1-8(11(16)5-9)7-20(18,19)13-4-3-10(15)6-12(13)17/h1-6H,7,17H2. The highest BCUT2D eigenvalue weighted by Gasteiger charge is 2.20.